The standard InChI is InChI=1S/C12H18N4O2S/c13-10-9(11(17)15-3-1-2-4-15)19-12(14-10)16-5-7-18-8-6-16/h1-8,13H2. The van der Waals surface area contributed by atoms with Gasteiger partial charge in [0.05, 0.1) is 13.2 Å². The maximum absolute atomic E-state index is 12.3. The van der Waals surface area contributed by atoms with Gasteiger partial charge < -0.3 is 20.3 Å². The molecule has 1 aromatic rings. The zero-order valence-electron chi connectivity index (χ0n) is 10.8. The van der Waals surface area contributed by atoms with Gasteiger partial charge in [0.2, 0.25) is 0 Å². The van der Waals surface area contributed by atoms with Crippen LogP contribution in [0.1, 0.15) is 22.5 Å². The number of carbonyl (C=O) groups excluding carboxylic acids is 1. The Morgan fingerprint density at radius 2 is 1.89 bits per heavy atom. The second kappa shape index (κ2) is 5.34. The Bertz CT molecular complexity index is 464. The molecule has 3 heterocycles. The Hall–Kier alpha value is -1.34. The number of hydrogen-bond donors (Lipinski definition) is 1. The molecule has 2 fully saturated rings. The number of nitrogens with zero attached hydrogens (tertiary/aromatic N) is 3. The van der Waals surface area contributed by atoms with E-state index in [1.165, 1.54) is 11.3 Å². The van der Waals surface area contributed by atoms with Crippen LogP contribution in [-0.4, -0.2) is 55.2 Å². The third-order valence-electron chi connectivity index (χ3n) is 3.51. The Morgan fingerprint density at radius 1 is 1.21 bits per heavy atom. The van der Waals surface area contributed by atoms with E-state index in [0.29, 0.717) is 23.9 Å². The van der Waals surface area contributed by atoms with Crippen molar-refractivity contribution >= 4 is 28.2 Å². The van der Waals surface area contributed by atoms with E-state index in [0.717, 1.165) is 44.2 Å². The maximum atomic E-state index is 12.3. The van der Waals surface area contributed by atoms with Crippen molar-refractivity contribution in [2.45, 2.75) is 12.8 Å². The molecule has 2 aliphatic rings. The van der Waals surface area contributed by atoms with Crippen LogP contribution in [-0.2, 0) is 4.74 Å². The molecular formula is C12H18N4O2S. The summed E-state index contributed by atoms with van der Waals surface area (Å²) in [4.78, 5) is 21.3. The molecule has 0 bridgehead atoms. The van der Waals surface area contributed by atoms with Crippen molar-refractivity contribution in [3.63, 3.8) is 0 Å². The second-order valence-corrected chi connectivity index (χ2v) is 5.79. The van der Waals surface area contributed by atoms with E-state index in [4.69, 9.17) is 10.5 Å². The van der Waals surface area contributed by atoms with Gasteiger partial charge in [-0.25, -0.2) is 4.98 Å². The number of amides is 1. The Kier molecular flexibility index (Phi) is 3.56. The van der Waals surface area contributed by atoms with Crippen molar-refractivity contribution in [2.24, 2.45) is 0 Å². The van der Waals surface area contributed by atoms with E-state index in [9.17, 15) is 4.79 Å². The minimum atomic E-state index is 0.0343. The molecule has 3 rings (SSSR count). The van der Waals surface area contributed by atoms with Crippen molar-refractivity contribution in [1.29, 1.82) is 0 Å². The van der Waals surface area contributed by atoms with E-state index in [2.05, 4.69) is 9.88 Å². The lowest BCUT2D eigenvalue weighted by molar-refractivity contribution is 0.0798. The predicted molar refractivity (Wildman–Crippen MR) is 74.7 cm³/mol. The molecule has 2 saturated heterocycles. The fraction of sp³-hybridized carbons (Fsp3) is 0.667. The van der Waals surface area contributed by atoms with Crippen molar-refractivity contribution in [2.75, 3.05) is 50.0 Å². The maximum Gasteiger partial charge on any atom is 0.267 e. The molecule has 0 radical (unpaired) electrons. The molecular weight excluding hydrogens is 264 g/mol. The lowest BCUT2D eigenvalue weighted by atomic mass is 10.4. The Labute approximate surface area is 116 Å². The summed E-state index contributed by atoms with van der Waals surface area (Å²) in [6, 6.07) is 0. The summed E-state index contributed by atoms with van der Waals surface area (Å²) >= 11 is 1.40. The van der Waals surface area contributed by atoms with E-state index < -0.39 is 0 Å². The number of nitrogen functional groups attached to an aromatic ring is 1. The summed E-state index contributed by atoms with van der Waals surface area (Å²) in [6.07, 6.45) is 2.17. The van der Waals surface area contributed by atoms with Crippen LogP contribution < -0.4 is 10.6 Å². The molecule has 19 heavy (non-hydrogen) atoms. The number of aromatic nitrogens is 1. The van der Waals surface area contributed by atoms with Crippen molar-refractivity contribution in [3.8, 4) is 0 Å². The minimum absolute atomic E-state index is 0.0343. The number of likely N-dealkylation sites (tertiary alicyclic amines) is 1. The van der Waals surface area contributed by atoms with Gasteiger partial charge in [-0.2, -0.15) is 0 Å². The van der Waals surface area contributed by atoms with Crippen molar-refractivity contribution in [3.05, 3.63) is 4.88 Å². The largest absolute Gasteiger partial charge is 0.382 e. The number of ether oxygens (including phenoxy) is 1. The molecule has 6 nitrogen and oxygen atoms in total. The number of nitrogens with two attached hydrogens (primary N) is 1. The van der Waals surface area contributed by atoms with Crippen LogP contribution in [0.5, 0.6) is 0 Å². The highest BCUT2D eigenvalue weighted by atomic mass is 32.1. The summed E-state index contributed by atoms with van der Waals surface area (Å²) in [5.41, 5.74) is 5.91. The first-order valence-corrected chi connectivity index (χ1v) is 7.45. The predicted octanol–water partition coefficient (Wildman–Crippen LogP) is 0.798. The number of morpholine rings is 1. The molecule has 7 heteroatoms. The summed E-state index contributed by atoms with van der Waals surface area (Å²) in [5.74, 6) is 0.399. The van der Waals surface area contributed by atoms with Crippen LogP contribution in [0.4, 0.5) is 10.9 Å². The summed E-state index contributed by atoms with van der Waals surface area (Å²) in [5, 5.41) is 0.836. The first-order chi connectivity index (χ1) is 9.25. The number of thiazole rings is 1. The van der Waals surface area contributed by atoms with Gasteiger partial charge in [0.1, 0.15) is 10.7 Å². The summed E-state index contributed by atoms with van der Waals surface area (Å²) in [6.45, 7) is 4.70. The smallest absolute Gasteiger partial charge is 0.267 e. The molecule has 1 amide bonds. The molecule has 0 unspecified atom stereocenters. The Morgan fingerprint density at radius 3 is 2.58 bits per heavy atom. The number of hydrogen-bond acceptors (Lipinski definition) is 6. The zero-order valence-corrected chi connectivity index (χ0v) is 11.6. The molecule has 1 aromatic heterocycles. The molecule has 0 saturated carbocycles. The van der Waals surface area contributed by atoms with E-state index in [1.807, 2.05) is 4.90 Å². The van der Waals surface area contributed by atoms with E-state index in [1.54, 1.807) is 0 Å². The fourth-order valence-corrected chi connectivity index (χ4v) is 3.43. The SMILES string of the molecule is Nc1nc(N2CCOCC2)sc1C(=O)N1CCCC1. The lowest BCUT2D eigenvalue weighted by Gasteiger charge is -2.25. The van der Waals surface area contributed by atoms with Gasteiger partial charge in [-0.1, -0.05) is 11.3 Å². The normalized spacial score (nSPS) is 20.0. The highest BCUT2D eigenvalue weighted by Crippen LogP contribution is 2.30. The van der Waals surface area contributed by atoms with Crippen LogP contribution in [0.2, 0.25) is 0 Å². The average Bonchev–Trinajstić information content (AvgIpc) is 3.08. The second-order valence-electron chi connectivity index (χ2n) is 4.81. The molecule has 0 aliphatic carbocycles. The molecule has 0 aromatic carbocycles. The third-order valence-corrected chi connectivity index (χ3v) is 4.63. The Balaban J connectivity index is 1.78. The van der Waals surface area contributed by atoms with Gasteiger partial charge in [0.25, 0.3) is 5.91 Å². The van der Waals surface area contributed by atoms with Crippen molar-refractivity contribution < 1.29 is 9.53 Å². The van der Waals surface area contributed by atoms with Gasteiger partial charge in [0.15, 0.2) is 5.13 Å². The minimum Gasteiger partial charge on any atom is -0.382 e. The van der Waals surface area contributed by atoms with Crippen LogP contribution in [0.15, 0.2) is 0 Å². The molecule has 2 N–H and O–H groups in total. The number of rotatable bonds is 2. The summed E-state index contributed by atoms with van der Waals surface area (Å²) in [7, 11) is 0. The van der Waals surface area contributed by atoms with Gasteiger partial charge in [-0.15, -0.1) is 0 Å². The van der Waals surface area contributed by atoms with Crippen LogP contribution >= 0.6 is 11.3 Å². The number of anilines is 2. The zero-order chi connectivity index (χ0) is 13.2. The molecule has 104 valence electrons. The van der Waals surface area contributed by atoms with Gasteiger partial charge in [0, 0.05) is 26.2 Å². The quantitative estimate of drug-likeness (QED) is 0.868. The first-order valence-electron chi connectivity index (χ1n) is 6.64. The highest BCUT2D eigenvalue weighted by molar-refractivity contribution is 7.18. The van der Waals surface area contributed by atoms with Gasteiger partial charge in [-0.3, -0.25) is 4.79 Å². The summed E-state index contributed by atoms with van der Waals surface area (Å²) < 4.78 is 5.32. The molecule has 0 spiro atoms. The van der Waals surface area contributed by atoms with E-state index >= 15 is 0 Å². The fourth-order valence-electron chi connectivity index (χ4n) is 2.43. The number of carbonyl (C=O) groups is 1. The van der Waals surface area contributed by atoms with Gasteiger partial charge >= 0.3 is 0 Å². The topological polar surface area (TPSA) is 71.7 Å². The third kappa shape index (κ3) is 2.52. The monoisotopic (exact) mass is 282 g/mol. The lowest BCUT2D eigenvalue weighted by Crippen LogP contribution is -2.36. The van der Waals surface area contributed by atoms with Crippen LogP contribution in [0.25, 0.3) is 0 Å². The van der Waals surface area contributed by atoms with Crippen molar-refractivity contribution in [1.82, 2.24) is 9.88 Å². The average molecular weight is 282 g/mol. The highest BCUT2D eigenvalue weighted by Gasteiger charge is 2.26. The van der Waals surface area contributed by atoms with E-state index in [-0.39, 0.29) is 5.91 Å². The first kappa shape index (κ1) is 12.7. The molecule has 0 atom stereocenters. The van der Waals surface area contributed by atoms with Crippen LogP contribution in [0.3, 0.4) is 0 Å². The van der Waals surface area contributed by atoms with Gasteiger partial charge in [-0.05, 0) is 12.8 Å². The molecule has 2 aliphatic heterocycles. The van der Waals surface area contributed by atoms with Crippen LogP contribution in [0, 0.1) is 0 Å².